The Bertz CT molecular complexity index is 300. The van der Waals surface area contributed by atoms with Crippen LogP contribution in [0.25, 0.3) is 0 Å². The fraction of sp³-hybridized carbons (Fsp3) is 0.727. The van der Waals surface area contributed by atoms with Crippen LogP contribution >= 0.6 is 11.8 Å². The first kappa shape index (κ1) is 15.8. The fourth-order valence-electron chi connectivity index (χ4n) is 1.38. The smallest absolute Gasteiger partial charge is 0.310 e. The van der Waals surface area contributed by atoms with Crippen molar-refractivity contribution in [3.05, 3.63) is 0 Å². The normalized spacial score (nSPS) is 10.5. The van der Waals surface area contributed by atoms with E-state index in [4.69, 9.17) is 5.26 Å². The zero-order valence-electron chi connectivity index (χ0n) is 10.5. The molecule has 0 radical (unpaired) electrons. The topological polar surface area (TPSA) is 82.0 Å². The first-order valence-corrected chi connectivity index (χ1v) is 6.75. The lowest BCUT2D eigenvalue weighted by Gasteiger charge is -2.29. The van der Waals surface area contributed by atoms with E-state index in [0.29, 0.717) is 6.54 Å². The third-order valence-electron chi connectivity index (χ3n) is 2.83. The SMILES string of the molecule is CCC(CC)(CNC(=O)C(=O)NCC#N)SC. The molecular formula is C11H19N3O2S. The fourth-order valence-corrected chi connectivity index (χ4v) is 2.18. The molecule has 0 rings (SSSR count). The van der Waals surface area contributed by atoms with Crippen LogP contribution in [-0.4, -0.2) is 35.9 Å². The van der Waals surface area contributed by atoms with Crippen molar-refractivity contribution in [2.75, 3.05) is 19.3 Å². The molecule has 0 saturated heterocycles. The van der Waals surface area contributed by atoms with E-state index in [1.165, 1.54) is 0 Å². The largest absolute Gasteiger partial charge is 0.346 e. The van der Waals surface area contributed by atoms with Gasteiger partial charge >= 0.3 is 11.8 Å². The second-order valence-corrected chi connectivity index (χ2v) is 4.89. The molecule has 0 aliphatic carbocycles. The summed E-state index contributed by atoms with van der Waals surface area (Å²) in [5, 5.41) is 13.1. The Morgan fingerprint density at radius 1 is 1.24 bits per heavy atom. The molecule has 17 heavy (non-hydrogen) atoms. The number of hydrogen-bond donors (Lipinski definition) is 2. The Morgan fingerprint density at radius 2 is 1.76 bits per heavy atom. The number of nitrogens with zero attached hydrogens (tertiary/aromatic N) is 1. The molecule has 0 saturated carbocycles. The molecular weight excluding hydrogens is 238 g/mol. The Kier molecular flexibility index (Phi) is 7.39. The molecule has 6 heteroatoms. The Balaban J connectivity index is 4.22. The van der Waals surface area contributed by atoms with E-state index in [0.717, 1.165) is 12.8 Å². The van der Waals surface area contributed by atoms with Gasteiger partial charge in [-0.3, -0.25) is 9.59 Å². The second kappa shape index (κ2) is 7.96. The maximum Gasteiger partial charge on any atom is 0.310 e. The quantitative estimate of drug-likeness (QED) is 0.541. The number of carbonyl (C=O) groups is 2. The third-order valence-corrected chi connectivity index (χ3v) is 4.41. The molecule has 0 aliphatic heterocycles. The predicted molar refractivity (Wildman–Crippen MR) is 68.5 cm³/mol. The highest BCUT2D eigenvalue weighted by Gasteiger charge is 2.26. The van der Waals surface area contributed by atoms with Gasteiger partial charge in [0.2, 0.25) is 0 Å². The molecule has 0 aliphatic rings. The standard InChI is InChI=1S/C11H19N3O2S/c1-4-11(5-2,17-3)8-14-10(16)9(15)13-7-6-12/h4-5,7-8H2,1-3H3,(H,13,15)(H,14,16). The van der Waals surface area contributed by atoms with Gasteiger partial charge in [-0.2, -0.15) is 17.0 Å². The average molecular weight is 257 g/mol. The van der Waals surface area contributed by atoms with Crippen molar-refractivity contribution in [2.45, 2.75) is 31.4 Å². The van der Waals surface area contributed by atoms with E-state index in [1.54, 1.807) is 17.8 Å². The van der Waals surface area contributed by atoms with Crippen molar-refractivity contribution in [1.82, 2.24) is 10.6 Å². The Morgan fingerprint density at radius 3 is 2.18 bits per heavy atom. The minimum atomic E-state index is -0.756. The molecule has 0 spiro atoms. The Hall–Kier alpha value is -1.22. The Labute approximate surface area is 106 Å². The van der Waals surface area contributed by atoms with Gasteiger partial charge in [-0.05, 0) is 19.1 Å². The lowest BCUT2D eigenvalue weighted by Crippen LogP contribution is -2.46. The van der Waals surface area contributed by atoms with Crippen LogP contribution in [0.4, 0.5) is 0 Å². The maximum atomic E-state index is 11.4. The van der Waals surface area contributed by atoms with Crippen LogP contribution in [-0.2, 0) is 9.59 Å². The van der Waals surface area contributed by atoms with E-state index < -0.39 is 11.8 Å². The van der Waals surface area contributed by atoms with Crippen LogP contribution in [0.3, 0.4) is 0 Å². The monoisotopic (exact) mass is 257 g/mol. The maximum absolute atomic E-state index is 11.4. The summed E-state index contributed by atoms with van der Waals surface area (Å²) in [6.45, 7) is 4.42. The van der Waals surface area contributed by atoms with Crippen LogP contribution in [0.5, 0.6) is 0 Å². The van der Waals surface area contributed by atoms with E-state index in [9.17, 15) is 9.59 Å². The summed E-state index contributed by atoms with van der Waals surface area (Å²) in [6.07, 6.45) is 3.84. The number of nitriles is 1. The van der Waals surface area contributed by atoms with Gasteiger partial charge in [0, 0.05) is 11.3 Å². The summed E-state index contributed by atoms with van der Waals surface area (Å²) < 4.78 is -0.0227. The van der Waals surface area contributed by atoms with Crippen molar-refractivity contribution >= 4 is 23.6 Å². The molecule has 0 bridgehead atoms. The molecule has 0 aromatic rings. The molecule has 0 aromatic heterocycles. The number of nitrogens with one attached hydrogen (secondary N) is 2. The van der Waals surface area contributed by atoms with Crippen molar-refractivity contribution in [3.63, 3.8) is 0 Å². The highest BCUT2D eigenvalue weighted by molar-refractivity contribution is 8.00. The zero-order valence-corrected chi connectivity index (χ0v) is 11.3. The van der Waals surface area contributed by atoms with Gasteiger partial charge in [-0.25, -0.2) is 0 Å². The number of thioether (sulfide) groups is 1. The molecule has 5 nitrogen and oxygen atoms in total. The van der Waals surface area contributed by atoms with Crippen molar-refractivity contribution < 1.29 is 9.59 Å². The van der Waals surface area contributed by atoms with Crippen molar-refractivity contribution in [3.8, 4) is 6.07 Å². The van der Waals surface area contributed by atoms with Crippen molar-refractivity contribution in [1.29, 1.82) is 5.26 Å². The predicted octanol–water partition coefficient (Wildman–Crippen LogP) is 0.664. The number of hydrogen-bond acceptors (Lipinski definition) is 4. The van der Waals surface area contributed by atoms with Crippen LogP contribution in [0.2, 0.25) is 0 Å². The summed E-state index contributed by atoms with van der Waals surface area (Å²) in [7, 11) is 0. The van der Waals surface area contributed by atoms with Crippen LogP contribution in [0.15, 0.2) is 0 Å². The zero-order chi connectivity index (χ0) is 13.3. The van der Waals surface area contributed by atoms with E-state index in [2.05, 4.69) is 24.5 Å². The minimum absolute atomic E-state index is 0.0227. The number of amides is 2. The lowest BCUT2D eigenvalue weighted by atomic mass is 10.0. The summed E-state index contributed by atoms with van der Waals surface area (Å²) in [5.74, 6) is -1.44. The highest BCUT2D eigenvalue weighted by Crippen LogP contribution is 2.29. The molecule has 0 fully saturated rings. The molecule has 0 aromatic carbocycles. The van der Waals surface area contributed by atoms with E-state index in [1.807, 2.05) is 6.26 Å². The van der Waals surface area contributed by atoms with Gasteiger partial charge < -0.3 is 10.6 Å². The van der Waals surface area contributed by atoms with Gasteiger partial charge in [0.1, 0.15) is 6.54 Å². The third kappa shape index (κ3) is 5.09. The van der Waals surface area contributed by atoms with E-state index >= 15 is 0 Å². The number of carbonyl (C=O) groups excluding carboxylic acids is 2. The second-order valence-electron chi connectivity index (χ2n) is 3.62. The van der Waals surface area contributed by atoms with Gasteiger partial charge in [-0.15, -0.1) is 0 Å². The van der Waals surface area contributed by atoms with Crippen molar-refractivity contribution in [2.24, 2.45) is 0 Å². The van der Waals surface area contributed by atoms with Gasteiger partial charge in [0.15, 0.2) is 0 Å². The summed E-state index contributed by atoms with van der Waals surface area (Å²) >= 11 is 1.69. The van der Waals surface area contributed by atoms with Gasteiger partial charge in [-0.1, -0.05) is 13.8 Å². The molecule has 2 amide bonds. The molecule has 96 valence electrons. The molecule has 2 N–H and O–H groups in total. The molecule has 0 atom stereocenters. The molecule has 0 unspecified atom stereocenters. The minimum Gasteiger partial charge on any atom is -0.346 e. The van der Waals surface area contributed by atoms with E-state index in [-0.39, 0.29) is 11.3 Å². The van der Waals surface area contributed by atoms with Crippen LogP contribution < -0.4 is 10.6 Å². The highest BCUT2D eigenvalue weighted by atomic mass is 32.2. The average Bonchev–Trinajstić information content (AvgIpc) is 2.37. The summed E-state index contributed by atoms with van der Waals surface area (Å²) in [6, 6.07) is 1.74. The summed E-state index contributed by atoms with van der Waals surface area (Å²) in [5.41, 5.74) is 0. The molecule has 0 heterocycles. The van der Waals surface area contributed by atoms with Crippen LogP contribution in [0, 0.1) is 11.3 Å². The first-order valence-electron chi connectivity index (χ1n) is 5.53. The van der Waals surface area contributed by atoms with Gasteiger partial charge in [0.25, 0.3) is 0 Å². The lowest BCUT2D eigenvalue weighted by molar-refractivity contribution is -0.139. The van der Waals surface area contributed by atoms with Gasteiger partial charge in [0.05, 0.1) is 6.07 Å². The number of rotatable bonds is 6. The van der Waals surface area contributed by atoms with Crippen LogP contribution in [0.1, 0.15) is 26.7 Å². The summed E-state index contributed by atoms with van der Waals surface area (Å²) in [4.78, 5) is 22.6. The first-order chi connectivity index (χ1) is 8.05.